The Morgan fingerprint density at radius 3 is 2.27 bits per heavy atom. The second kappa shape index (κ2) is 7.87. The molecule has 0 unspecified atom stereocenters. The molecule has 9 nitrogen and oxygen atoms in total. The van der Waals surface area contributed by atoms with Gasteiger partial charge in [0.1, 0.15) is 22.9 Å². The number of hydrogen-bond donors (Lipinski definition) is 4. The molecular formula is C20H14FN5O4. The van der Waals surface area contributed by atoms with Crippen molar-refractivity contribution in [2.45, 2.75) is 0 Å². The van der Waals surface area contributed by atoms with Gasteiger partial charge in [-0.3, -0.25) is 0 Å². The van der Waals surface area contributed by atoms with Crippen LogP contribution in [0.4, 0.5) is 20.6 Å². The first-order chi connectivity index (χ1) is 14.5. The average Bonchev–Trinajstić information content (AvgIpc) is 3.15. The van der Waals surface area contributed by atoms with Crippen molar-refractivity contribution in [3.8, 4) is 11.8 Å². The number of benzene rings is 2. The minimum absolute atomic E-state index is 0.00536. The van der Waals surface area contributed by atoms with E-state index < -0.39 is 17.8 Å². The lowest BCUT2D eigenvalue weighted by Gasteiger charge is -2.08. The molecule has 4 rings (SSSR count). The summed E-state index contributed by atoms with van der Waals surface area (Å²) < 4.78 is 18.5. The molecule has 0 spiro atoms. The number of ether oxygens (including phenoxy) is 1. The topological polar surface area (TPSA) is 129 Å². The number of rotatable bonds is 5. The van der Waals surface area contributed by atoms with E-state index in [0.717, 1.165) is 0 Å². The number of hydrogen-bond acceptors (Lipinski definition) is 5. The molecule has 2 amide bonds. The summed E-state index contributed by atoms with van der Waals surface area (Å²) in [6.07, 6.45) is 1.45. The first-order valence-electron chi connectivity index (χ1n) is 8.67. The van der Waals surface area contributed by atoms with E-state index in [4.69, 9.17) is 9.84 Å². The fourth-order valence-corrected chi connectivity index (χ4v) is 2.60. The van der Waals surface area contributed by atoms with E-state index in [-0.39, 0.29) is 11.7 Å². The minimum Gasteiger partial charge on any atom is -0.477 e. The van der Waals surface area contributed by atoms with Gasteiger partial charge in [0.05, 0.1) is 0 Å². The van der Waals surface area contributed by atoms with Crippen LogP contribution >= 0.6 is 0 Å². The number of nitrogens with one attached hydrogen (secondary N) is 3. The smallest absolute Gasteiger partial charge is 0.352 e. The number of carbonyl (C=O) groups excluding carboxylic acids is 1. The number of urea groups is 1. The van der Waals surface area contributed by atoms with Gasteiger partial charge in [-0.05, 0) is 54.6 Å². The summed E-state index contributed by atoms with van der Waals surface area (Å²) in [6.45, 7) is 0. The highest BCUT2D eigenvalue weighted by Crippen LogP contribution is 2.22. The Balaban J connectivity index is 1.39. The zero-order valence-corrected chi connectivity index (χ0v) is 15.2. The molecule has 0 saturated heterocycles. The Kier molecular flexibility index (Phi) is 4.95. The third kappa shape index (κ3) is 4.33. The van der Waals surface area contributed by atoms with Gasteiger partial charge in [-0.1, -0.05) is 0 Å². The molecule has 0 fully saturated rings. The maximum absolute atomic E-state index is 12.9. The van der Waals surface area contributed by atoms with Gasteiger partial charge in [-0.15, -0.1) is 0 Å². The molecule has 0 radical (unpaired) electrons. The highest BCUT2D eigenvalue weighted by Gasteiger charge is 2.10. The zero-order chi connectivity index (χ0) is 21.1. The molecule has 0 bridgehead atoms. The van der Waals surface area contributed by atoms with E-state index >= 15 is 0 Å². The SMILES string of the molecule is O=C(Nc1ccc(F)cc1)Nc1ccc(Oc2ncc3cc(C(=O)O)[nH]c3n2)cc1. The predicted octanol–water partition coefficient (Wildman–Crippen LogP) is 4.23. The number of fused-ring (bicyclic) bond motifs is 1. The van der Waals surface area contributed by atoms with E-state index in [2.05, 4.69) is 25.6 Å². The lowest BCUT2D eigenvalue weighted by Crippen LogP contribution is -2.19. The van der Waals surface area contributed by atoms with Crippen LogP contribution in [0.3, 0.4) is 0 Å². The van der Waals surface area contributed by atoms with Crippen molar-refractivity contribution in [2.24, 2.45) is 0 Å². The van der Waals surface area contributed by atoms with Gasteiger partial charge in [-0.2, -0.15) is 4.98 Å². The monoisotopic (exact) mass is 407 g/mol. The van der Waals surface area contributed by atoms with Crippen molar-refractivity contribution in [3.05, 3.63) is 72.3 Å². The second-order valence-electron chi connectivity index (χ2n) is 6.16. The first-order valence-corrected chi connectivity index (χ1v) is 8.67. The summed E-state index contributed by atoms with van der Waals surface area (Å²) in [5.74, 6) is -1.07. The standard InChI is InChI=1S/C20H14FN5O4/c21-12-1-3-13(4-2-12)23-19(29)24-14-5-7-15(8-6-14)30-20-22-10-11-9-16(18(27)28)25-17(11)26-20/h1-10H,(H,27,28)(H,22,25,26)(H2,23,24,29). The predicted molar refractivity (Wildman–Crippen MR) is 106 cm³/mol. The molecule has 0 atom stereocenters. The number of carboxylic acid groups (broad SMARTS) is 1. The Morgan fingerprint density at radius 2 is 1.63 bits per heavy atom. The zero-order valence-electron chi connectivity index (χ0n) is 15.2. The van der Waals surface area contributed by atoms with Crippen LogP contribution in [0.15, 0.2) is 60.8 Å². The van der Waals surface area contributed by atoms with Crippen molar-refractivity contribution in [1.82, 2.24) is 15.0 Å². The van der Waals surface area contributed by atoms with Crippen LogP contribution in [0.25, 0.3) is 11.0 Å². The molecule has 4 N–H and O–H groups in total. The Labute approximate surface area is 168 Å². The quantitative estimate of drug-likeness (QED) is 0.392. The number of anilines is 2. The van der Waals surface area contributed by atoms with Crippen LogP contribution in [0.1, 0.15) is 10.5 Å². The van der Waals surface area contributed by atoms with E-state index in [1.807, 2.05) is 0 Å². The molecule has 2 aromatic heterocycles. The maximum Gasteiger partial charge on any atom is 0.352 e. The van der Waals surface area contributed by atoms with Crippen molar-refractivity contribution in [3.63, 3.8) is 0 Å². The van der Waals surface area contributed by atoms with Crippen molar-refractivity contribution < 1.29 is 23.8 Å². The van der Waals surface area contributed by atoms with Crippen LogP contribution in [0.2, 0.25) is 0 Å². The Morgan fingerprint density at radius 1 is 1.00 bits per heavy atom. The van der Waals surface area contributed by atoms with E-state index in [0.29, 0.717) is 28.2 Å². The molecule has 0 aliphatic carbocycles. The van der Waals surface area contributed by atoms with Crippen LogP contribution in [-0.2, 0) is 0 Å². The summed E-state index contributed by atoms with van der Waals surface area (Å²) in [4.78, 5) is 33.9. The van der Waals surface area contributed by atoms with Gasteiger partial charge in [-0.25, -0.2) is 19.0 Å². The number of H-pyrrole nitrogens is 1. The minimum atomic E-state index is -1.10. The van der Waals surface area contributed by atoms with Crippen molar-refractivity contribution >= 4 is 34.4 Å². The van der Waals surface area contributed by atoms with Crippen LogP contribution < -0.4 is 15.4 Å². The number of aromatic carboxylic acids is 1. The molecule has 2 aromatic carbocycles. The third-order valence-corrected chi connectivity index (χ3v) is 4.00. The molecule has 4 aromatic rings. The molecule has 0 aliphatic heterocycles. The third-order valence-electron chi connectivity index (χ3n) is 4.00. The summed E-state index contributed by atoms with van der Waals surface area (Å²) in [6, 6.07) is 12.8. The van der Waals surface area contributed by atoms with Gasteiger partial charge in [0.25, 0.3) is 0 Å². The van der Waals surface area contributed by atoms with E-state index in [9.17, 15) is 14.0 Å². The maximum atomic E-state index is 12.9. The van der Waals surface area contributed by atoms with E-state index in [1.165, 1.54) is 36.5 Å². The van der Waals surface area contributed by atoms with Crippen molar-refractivity contribution in [2.75, 3.05) is 10.6 Å². The highest BCUT2D eigenvalue weighted by molar-refractivity contribution is 5.99. The number of carboxylic acids is 1. The summed E-state index contributed by atoms with van der Waals surface area (Å²) in [7, 11) is 0. The number of halogens is 1. The Bertz CT molecular complexity index is 1220. The number of aromatic amines is 1. The van der Waals surface area contributed by atoms with Crippen LogP contribution in [-0.4, -0.2) is 32.1 Å². The molecular weight excluding hydrogens is 393 g/mol. The van der Waals surface area contributed by atoms with E-state index in [1.54, 1.807) is 24.3 Å². The molecule has 10 heteroatoms. The van der Waals surface area contributed by atoms with Gasteiger partial charge < -0.3 is 25.5 Å². The molecule has 0 aliphatic rings. The van der Waals surface area contributed by atoms with Crippen LogP contribution in [0.5, 0.6) is 11.8 Å². The summed E-state index contributed by atoms with van der Waals surface area (Å²) in [5.41, 5.74) is 1.31. The molecule has 0 saturated carbocycles. The number of carbonyl (C=O) groups is 2. The second-order valence-corrected chi connectivity index (χ2v) is 6.16. The van der Waals surface area contributed by atoms with Crippen molar-refractivity contribution in [1.29, 1.82) is 0 Å². The normalized spacial score (nSPS) is 10.6. The highest BCUT2D eigenvalue weighted by atomic mass is 19.1. The number of nitrogens with zero attached hydrogens (tertiary/aromatic N) is 2. The number of aromatic nitrogens is 3. The summed E-state index contributed by atoms with van der Waals surface area (Å²) >= 11 is 0. The molecule has 150 valence electrons. The fraction of sp³-hybridized carbons (Fsp3) is 0. The van der Waals surface area contributed by atoms with Gasteiger partial charge in [0.2, 0.25) is 0 Å². The lowest BCUT2D eigenvalue weighted by atomic mass is 10.3. The molecule has 30 heavy (non-hydrogen) atoms. The summed E-state index contributed by atoms with van der Waals surface area (Å²) in [5, 5.41) is 14.8. The largest absolute Gasteiger partial charge is 0.477 e. The lowest BCUT2D eigenvalue weighted by molar-refractivity contribution is 0.0691. The fourth-order valence-electron chi connectivity index (χ4n) is 2.60. The average molecular weight is 407 g/mol. The molecule has 2 heterocycles. The van der Waals surface area contributed by atoms with Gasteiger partial charge in [0, 0.05) is 23.0 Å². The van der Waals surface area contributed by atoms with Gasteiger partial charge in [0.15, 0.2) is 0 Å². The van der Waals surface area contributed by atoms with Gasteiger partial charge >= 0.3 is 18.0 Å². The first kappa shape index (κ1) is 18.9. The number of amides is 2. The Hall–Kier alpha value is -4.47. The van der Waals surface area contributed by atoms with Crippen LogP contribution in [0, 0.1) is 5.82 Å².